The standard InChI is InChI=1S/C7H18N4/c1-9(2)7-10-3-5-11(8)6-4-10/h3-8H2,1-2H3. The molecule has 1 saturated heterocycles. The summed E-state index contributed by atoms with van der Waals surface area (Å²) in [6.07, 6.45) is 0. The minimum Gasteiger partial charge on any atom is -0.297 e. The minimum absolute atomic E-state index is 0.994. The predicted molar refractivity (Wildman–Crippen MR) is 45.9 cm³/mol. The molecule has 0 unspecified atom stereocenters. The van der Waals surface area contributed by atoms with Crippen molar-refractivity contribution in [3.63, 3.8) is 0 Å². The Morgan fingerprint density at radius 3 is 2.18 bits per heavy atom. The van der Waals surface area contributed by atoms with Crippen molar-refractivity contribution in [2.75, 3.05) is 46.9 Å². The molecule has 0 aromatic carbocycles. The largest absolute Gasteiger partial charge is 0.297 e. The second-order valence-electron chi connectivity index (χ2n) is 3.38. The molecule has 0 bridgehead atoms. The normalized spacial score (nSPS) is 22.9. The van der Waals surface area contributed by atoms with Crippen LogP contribution in [0.15, 0.2) is 0 Å². The smallest absolute Gasteiger partial charge is 0.0501 e. The van der Waals surface area contributed by atoms with Crippen molar-refractivity contribution >= 4 is 0 Å². The predicted octanol–water partition coefficient (Wildman–Crippen LogP) is -1.00. The number of piperazine rings is 1. The van der Waals surface area contributed by atoms with Crippen molar-refractivity contribution in [1.29, 1.82) is 0 Å². The topological polar surface area (TPSA) is 35.7 Å². The fourth-order valence-corrected chi connectivity index (χ4v) is 1.30. The molecule has 11 heavy (non-hydrogen) atoms. The SMILES string of the molecule is CN(C)CN1CCN(N)CC1. The second kappa shape index (κ2) is 4.01. The Balaban J connectivity index is 2.17. The fourth-order valence-electron chi connectivity index (χ4n) is 1.30. The van der Waals surface area contributed by atoms with Gasteiger partial charge in [0.05, 0.1) is 6.67 Å². The lowest BCUT2D eigenvalue weighted by molar-refractivity contribution is 0.0944. The van der Waals surface area contributed by atoms with Crippen LogP contribution in [0, 0.1) is 0 Å². The van der Waals surface area contributed by atoms with Gasteiger partial charge in [-0.25, -0.2) is 5.01 Å². The Morgan fingerprint density at radius 1 is 1.18 bits per heavy atom. The summed E-state index contributed by atoms with van der Waals surface area (Å²) in [6, 6.07) is 0. The number of hydrogen-bond acceptors (Lipinski definition) is 4. The maximum atomic E-state index is 5.62. The Bertz CT molecular complexity index is 107. The average molecular weight is 158 g/mol. The van der Waals surface area contributed by atoms with Crippen molar-refractivity contribution in [1.82, 2.24) is 14.8 Å². The summed E-state index contributed by atoms with van der Waals surface area (Å²) >= 11 is 0. The third kappa shape index (κ3) is 3.16. The van der Waals surface area contributed by atoms with Gasteiger partial charge in [0.1, 0.15) is 0 Å². The van der Waals surface area contributed by atoms with Gasteiger partial charge in [0, 0.05) is 26.2 Å². The summed E-state index contributed by atoms with van der Waals surface area (Å²) in [6.45, 7) is 5.22. The quantitative estimate of drug-likeness (QED) is 0.523. The number of rotatable bonds is 2. The molecule has 0 radical (unpaired) electrons. The number of hydrazine groups is 1. The van der Waals surface area contributed by atoms with Crippen LogP contribution in [0.2, 0.25) is 0 Å². The first-order valence-corrected chi connectivity index (χ1v) is 4.05. The molecule has 0 atom stereocenters. The van der Waals surface area contributed by atoms with Crippen LogP contribution >= 0.6 is 0 Å². The summed E-state index contributed by atoms with van der Waals surface area (Å²) in [7, 11) is 4.18. The van der Waals surface area contributed by atoms with E-state index in [4.69, 9.17) is 5.84 Å². The monoisotopic (exact) mass is 158 g/mol. The highest BCUT2D eigenvalue weighted by Crippen LogP contribution is 1.96. The third-order valence-electron chi connectivity index (χ3n) is 1.89. The van der Waals surface area contributed by atoms with Crippen LogP contribution in [-0.4, -0.2) is 61.8 Å². The fraction of sp³-hybridized carbons (Fsp3) is 1.00. The van der Waals surface area contributed by atoms with Crippen LogP contribution in [-0.2, 0) is 0 Å². The van der Waals surface area contributed by atoms with Gasteiger partial charge in [0.15, 0.2) is 0 Å². The van der Waals surface area contributed by atoms with E-state index in [1.807, 2.05) is 5.01 Å². The van der Waals surface area contributed by atoms with E-state index in [2.05, 4.69) is 23.9 Å². The first-order chi connectivity index (χ1) is 5.18. The highest BCUT2D eigenvalue weighted by atomic mass is 15.4. The zero-order chi connectivity index (χ0) is 8.27. The lowest BCUT2D eigenvalue weighted by Crippen LogP contribution is -2.51. The molecule has 1 fully saturated rings. The van der Waals surface area contributed by atoms with E-state index in [9.17, 15) is 0 Å². The van der Waals surface area contributed by atoms with E-state index in [-0.39, 0.29) is 0 Å². The van der Waals surface area contributed by atoms with E-state index < -0.39 is 0 Å². The van der Waals surface area contributed by atoms with Gasteiger partial charge < -0.3 is 0 Å². The molecule has 4 nitrogen and oxygen atoms in total. The summed E-state index contributed by atoms with van der Waals surface area (Å²) in [5, 5.41) is 1.88. The van der Waals surface area contributed by atoms with Crippen LogP contribution in [0.25, 0.3) is 0 Å². The van der Waals surface area contributed by atoms with E-state index in [0.717, 1.165) is 32.8 Å². The molecule has 1 heterocycles. The second-order valence-corrected chi connectivity index (χ2v) is 3.38. The third-order valence-corrected chi connectivity index (χ3v) is 1.89. The van der Waals surface area contributed by atoms with E-state index in [1.165, 1.54) is 0 Å². The molecular weight excluding hydrogens is 140 g/mol. The van der Waals surface area contributed by atoms with Gasteiger partial charge in [0.2, 0.25) is 0 Å². The van der Waals surface area contributed by atoms with Crippen molar-refractivity contribution in [3.05, 3.63) is 0 Å². The van der Waals surface area contributed by atoms with Crippen LogP contribution in [0.3, 0.4) is 0 Å². The number of nitrogens with zero attached hydrogens (tertiary/aromatic N) is 3. The van der Waals surface area contributed by atoms with Crippen molar-refractivity contribution in [2.24, 2.45) is 5.84 Å². The number of hydrogen-bond donors (Lipinski definition) is 1. The van der Waals surface area contributed by atoms with Gasteiger partial charge in [-0.15, -0.1) is 0 Å². The molecule has 66 valence electrons. The van der Waals surface area contributed by atoms with Crippen LogP contribution in [0.5, 0.6) is 0 Å². The molecule has 0 aromatic rings. The highest BCUT2D eigenvalue weighted by molar-refractivity contribution is 4.66. The molecule has 0 aliphatic carbocycles. The summed E-state index contributed by atoms with van der Waals surface area (Å²) in [4.78, 5) is 4.59. The molecule has 1 rings (SSSR count). The van der Waals surface area contributed by atoms with E-state index in [1.54, 1.807) is 0 Å². The molecule has 1 aliphatic rings. The summed E-state index contributed by atoms with van der Waals surface area (Å²) in [5.74, 6) is 5.62. The molecule has 2 N–H and O–H groups in total. The molecule has 1 aliphatic heterocycles. The molecule has 4 heteroatoms. The maximum Gasteiger partial charge on any atom is 0.0501 e. The lowest BCUT2D eigenvalue weighted by atomic mass is 10.4. The first-order valence-electron chi connectivity index (χ1n) is 4.05. The van der Waals surface area contributed by atoms with Gasteiger partial charge in [-0.05, 0) is 14.1 Å². The van der Waals surface area contributed by atoms with Gasteiger partial charge in [-0.2, -0.15) is 0 Å². The average Bonchev–Trinajstić information content (AvgIpc) is 1.93. The Morgan fingerprint density at radius 2 is 1.73 bits per heavy atom. The van der Waals surface area contributed by atoms with Gasteiger partial charge in [-0.1, -0.05) is 0 Å². The first kappa shape index (κ1) is 8.93. The van der Waals surface area contributed by atoms with Crippen molar-refractivity contribution in [3.8, 4) is 0 Å². The minimum atomic E-state index is 0.994. The van der Waals surface area contributed by atoms with Crippen LogP contribution in [0.1, 0.15) is 0 Å². The molecule has 0 amide bonds. The Kier molecular flexibility index (Phi) is 3.26. The van der Waals surface area contributed by atoms with Crippen LogP contribution < -0.4 is 5.84 Å². The summed E-state index contributed by atoms with van der Waals surface area (Å²) < 4.78 is 0. The molecule has 0 saturated carbocycles. The van der Waals surface area contributed by atoms with Crippen LogP contribution in [0.4, 0.5) is 0 Å². The summed E-state index contributed by atoms with van der Waals surface area (Å²) in [5.41, 5.74) is 0. The zero-order valence-corrected chi connectivity index (χ0v) is 7.45. The Hall–Kier alpha value is -0.160. The van der Waals surface area contributed by atoms with Gasteiger partial charge in [-0.3, -0.25) is 15.6 Å². The van der Waals surface area contributed by atoms with E-state index >= 15 is 0 Å². The lowest BCUT2D eigenvalue weighted by Gasteiger charge is -2.33. The number of nitrogens with two attached hydrogens (primary N) is 1. The molecule has 0 spiro atoms. The molecular formula is C7H18N4. The van der Waals surface area contributed by atoms with E-state index in [0.29, 0.717) is 0 Å². The van der Waals surface area contributed by atoms with Crippen molar-refractivity contribution < 1.29 is 0 Å². The zero-order valence-electron chi connectivity index (χ0n) is 7.45. The maximum absolute atomic E-state index is 5.62. The Labute approximate surface area is 68.5 Å². The highest BCUT2D eigenvalue weighted by Gasteiger charge is 2.13. The van der Waals surface area contributed by atoms with Crippen molar-refractivity contribution in [2.45, 2.75) is 0 Å². The molecule has 0 aromatic heterocycles. The van der Waals surface area contributed by atoms with Gasteiger partial charge in [0.25, 0.3) is 0 Å². The van der Waals surface area contributed by atoms with Gasteiger partial charge >= 0.3 is 0 Å².